The SMILES string of the molecule is CCCC(C)N1CC=C[C@]23O[C@H]4/C=C\CCCOC(=O)[C@H]4[C@H]2C(=O)N(CCCCCO)C3C1=O. The number of cyclic esters (lactones) is 1. The second-order valence-electron chi connectivity index (χ2n) is 9.93. The Morgan fingerprint density at radius 2 is 2.00 bits per heavy atom. The number of allylic oxidation sites excluding steroid dienone is 1. The standard InChI is InChI=1S/C26H38N2O6/c1-3-11-18(2)27-15-10-13-26-21(20-19(34-26)12-6-4-9-17-33-25(20)32)23(30)28(22(26)24(27)31)14-7-5-8-16-29/h6,10,12-13,18-22,29H,3-5,7-9,11,14-17H2,1-2H3/b12-6-/t18?,19-,20+,21-,22?,26-/m0/s1. The summed E-state index contributed by atoms with van der Waals surface area (Å²) in [6.07, 6.45) is 12.5. The van der Waals surface area contributed by atoms with Crippen LogP contribution in [0.25, 0.3) is 0 Å². The molecular formula is C26H38N2O6. The highest BCUT2D eigenvalue weighted by atomic mass is 16.6. The summed E-state index contributed by atoms with van der Waals surface area (Å²) in [5, 5.41) is 9.16. The lowest BCUT2D eigenvalue weighted by Gasteiger charge is -2.37. The Labute approximate surface area is 201 Å². The van der Waals surface area contributed by atoms with Crippen molar-refractivity contribution < 1.29 is 29.0 Å². The van der Waals surface area contributed by atoms with Gasteiger partial charge in [-0.15, -0.1) is 0 Å². The average Bonchev–Trinajstić information content (AvgIpc) is 3.21. The first-order valence-corrected chi connectivity index (χ1v) is 12.9. The summed E-state index contributed by atoms with van der Waals surface area (Å²) in [7, 11) is 0. The zero-order valence-electron chi connectivity index (χ0n) is 20.4. The molecule has 0 aromatic carbocycles. The van der Waals surface area contributed by atoms with Crippen molar-refractivity contribution in [3.05, 3.63) is 24.3 Å². The van der Waals surface area contributed by atoms with Gasteiger partial charge >= 0.3 is 5.97 Å². The van der Waals surface area contributed by atoms with Gasteiger partial charge in [0.25, 0.3) is 0 Å². The number of hydrogen-bond donors (Lipinski definition) is 1. The van der Waals surface area contributed by atoms with E-state index in [4.69, 9.17) is 14.6 Å². The van der Waals surface area contributed by atoms with E-state index < -0.39 is 35.6 Å². The van der Waals surface area contributed by atoms with Crippen LogP contribution in [0.3, 0.4) is 0 Å². The van der Waals surface area contributed by atoms with Crippen LogP contribution >= 0.6 is 0 Å². The fourth-order valence-electron chi connectivity index (χ4n) is 6.05. The second kappa shape index (κ2) is 10.6. The van der Waals surface area contributed by atoms with Crippen LogP contribution < -0.4 is 0 Å². The number of unbranched alkanes of at least 4 members (excludes halogenated alkanes) is 2. The van der Waals surface area contributed by atoms with Gasteiger partial charge in [-0.1, -0.05) is 37.6 Å². The average molecular weight is 475 g/mol. The molecule has 188 valence electrons. The van der Waals surface area contributed by atoms with Crippen molar-refractivity contribution in [1.29, 1.82) is 0 Å². The molecule has 0 aliphatic carbocycles. The van der Waals surface area contributed by atoms with Gasteiger partial charge in [0.05, 0.1) is 18.6 Å². The van der Waals surface area contributed by atoms with E-state index in [9.17, 15) is 14.4 Å². The molecular weight excluding hydrogens is 436 g/mol. The smallest absolute Gasteiger partial charge is 0.312 e. The number of nitrogens with zero attached hydrogens (tertiary/aromatic N) is 2. The maximum absolute atomic E-state index is 14.0. The van der Waals surface area contributed by atoms with Crippen molar-refractivity contribution in [2.24, 2.45) is 11.8 Å². The first-order valence-electron chi connectivity index (χ1n) is 12.9. The molecule has 2 unspecified atom stereocenters. The molecule has 2 saturated heterocycles. The fraction of sp³-hybridized carbons (Fsp3) is 0.731. The van der Waals surface area contributed by atoms with Crippen LogP contribution in [0.1, 0.15) is 58.8 Å². The number of aliphatic hydroxyl groups is 1. The number of hydrogen-bond acceptors (Lipinski definition) is 6. The van der Waals surface area contributed by atoms with Crippen LogP contribution in [0.5, 0.6) is 0 Å². The van der Waals surface area contributed by atoms with Gasteiger partial charge in [-0.3, -0.25) is 14.4 Å². The molecule has 0 radical (unpaired) electrons. The molecule has 4 aliphatic heterocycles. The minimum absolute atomic E-state index is 0.0335. The van der Waals surface area contributed by atoms with Crippen LogP contribution in [0.15, 0.2) is 24.3 Å². The van der Waals surface area contributed by atoms with E-state index in [0.717, 1.165) is 32.1 Å². The van der Waals surface area contributed by atoms with Gasteiger partial charge in [-0.05, 0) is 45.4 Å². The van der Waals surface area contributed by atoms with E-state index in [0.29, 0.717) is 32.5 Å². The molecule has 4 rings (SSSR count). The normalized spacial score (nSPS) is 35.0. The van der Waals surface area contributed by atoms with Crippen LogP contribution in [0.4, 0.5) is 0 Å². The Kier molecular flexibility index (Phi) is 7.77. The Morgan fingerprint density at radius 3 is 2.76 bits per heavy atom. The molecule has 1 N–H and O–H groups in total. The topological polar surface area (TPSA) is 96.4 Å². The summed E-state index contributed by atoms with van der Waals surface area (Å²) in [6.45, 7) is 5.39. The summed E-state index contributed by atoms with van der Waals surface area (Å²) in [5.41, 5.74) is -1.19. The molecule has 8 heteroatoms. The highest BCUT2D eigenvalue weighted by Gasteiger charge is 2.71. The predicted octanol–water partition coefficient (Wildman–Crippen LogP) is 2.21. The predicted molar refractivity (Wildman–Crippen MR) is 126 cm³/mol. The van der Waals surface area contributed by atoms with Crippen LogP contribution in [0.2, 0.25) is 0 Å². The molecule has 0 aromatic heterocycles. The third-order valence-electron chi connectivity index (χ3n) is 7.68. The molecule has 6 atom stereocenters. The summed E-state index contributed by atoms with van der Waals surface area (Å²) < 4.78 is 12.1. The summed E-state index contributed by atoms with van der Waals surface area (Å²) >= 11 is 0. The van der Waals surface area contributed by atoms with E-state index >= 15 is 0 Å². The number of carbonyl (C=O) groups is 3. The number of esters is 1. The monoisotopic (exact) mass is 474 g/mol. The number of aliphatic hydroxyl groups excluding tert-OH is 1. The molecule has 8 nitrogen and oxygen atoms in total. The van der Waals surface area contributed by atoms with Crippen molar-refractivity contribution in [3.8, 4) is 0 Å². The Morgan fingerprint density at radius 1 is 1.18 bits per heavy atom. The van der Waals surface area contributed by atoms with Gasteiger partial charge in [0, 0.05) is 25.7 Å². The first kappa shape index (κ1) is 24.9. The number of fused-ring (bicyclic) bond motifs is 2. The third-order valence-corrected chi connectivity index (χ3v) is 7.68. The van der Waals surface area contributed by atoms with Crippen molar-refractivity contribution in [2.45, 2.75) is 82.6 Å². The number of ether oxygens (including phenoxy) is 2. The van der Waals surface area contributed by atoms with E-state index in [1.165, 1.54) is 0 Å². The van der Waals surface area contributed by atoms with Gasteiger partial charge < -0.3 is 24.4 Å². The Bertz CT molecular complexity index is 841. The molecule has 2 amide bonds. The molecule has 0 bridgehead atoms. The summed E-state index contributed by atoms with van der Waals surface area (Å²) in [4.78, 5) is 44.6. The quantitative estimate of drug-likeness (QED) is 0.329. The Balaban J connectivity index is 1.74. The molecule has 1 spiro atoms. The zero-order chi connectivity index (χ0) is 24.3. The maximum Gasteiger partial charge on any atom is 0.312 e. The molecule has 4 heterocycles. The van der Waals surface area contributed by atoms with Crippen molar-refractivity contribution in [2.75, 3.05) is 26.3 Å². The minimum Gasteiger partial charge on any atom is -0.465 e. The largest absolute Gasteiger partial charge is 0.465 e. The lowest BCUT2D eigenvalue weighted by molar-refractivity contribution is -0.155. The lowest BCUT2D eigenvalue weighted by Crippen LogP contribution is -2.56. The van der Waals surface area contributed by atoms with E-state index in [-0.39, 0.29) is 24.5 Å². The van der Waals surface area contributed by atoms with Crippen LogP contribution in [-0.2, 0) is 23.9 Å². The summed E-state index contributed by atoms with van der Waals surface area (Å²) in [6, 6.07) is -0.778. The summed E-state index contributed by atoms with van der Waals surface area (Å²) in [5.74, 6) is -2.32. The van der Waals surface area contributed by atoms with Crippen LogP contribution in [0, 0.1) is 11.8 Å². The highest BCUT2D eigenvalue weighted by Crippen LogP contribution is 2.53. The number of likely N-dealkylation sites (tertiary alicyclic amines) is 1. The van der Waals surface area contributed by atoms with Gasteiger partial charge in [-0.2, -0.15) is 0 Å². The van der Waals surface area contributed by atoms with Gasteiger partial charge in [0.15, 0.2) is 0 Å². The first-order chi connectivity index (χ1) is 16.5. The van der Waals surface area contributed by atoms with E-state index in [1.807, 2.05) is 36.1 Å². The number of rotatable bonds is 8. The third kappa shape index (κ3) is 4.31. The minimum atomic E-state index is -1.19. The van der Waals surface area contributed by atoms with Crippen molar-refractivity contribution >= 4 is 17.8 Å². The highest BCUT2D eigenvalue weighted by molar-refractivity contribution is 5.99. The van der Waals surface area contributed by atoms with Gasteiger partial charge in [-0.25, -0.2) is 0 Å². The molecule has 34 heavy (non-hydrogen) atoms. The fourth-order valence-corrected chi connectivity index (χ4v) is 6.05. The van der Waals surface area contributed by atoms with E-state index in [2.05, 4.69) is 6.92 Å². The molecule has 0 saturated carbocycles. The zero-order valence-corrected chi connectivity index (χ0v) is 20.4. The number of amides is 2. The lowest BCUT2D eigenvalue weighted by atomic mass is 9.78. The Hall–Kier alpha value is -2.19. The second-order valence-corrected chi connectivity index (χ2v) is 9.93. The van der Waals surface area contributed by atoms with E-state index in [1.54, 1.807) is 4.90 Å². The number of carbonyl (C=O) groups excluding carboxylic acids is 3. The molecule has 2 fully saturated rings. The van der Waals surface area contributed by atoms with Gasteiger partial charge in [0.2, 0.25) is 11.8 Å². The molecule has 0 aromatic rings. The maximum atomic E-state index is 14.0. The van der Waals surface area contributed by atoms with Gasteiger partial charge in [0.1, 0.15) is 17.6 Å². The molecule has 4 aliphatic rings. The van der Waals surface area contributed by atoms with Crippen LogP contribution in [-0.4, -0.2) is 82.8 Å². The van der Waals surface area contributed by atoms with Crippen molar-refractivity contribution in [1.82, 2.24) is 9.80 Å². The van der Waals surface area contributed by atoms with Crippen molar-refractivity contribution in [3.63, 3.8) is 0 Å².